The Kier molecular flexibility index (Phi) is 3.65. The summed E-state index contributed by atoms with van der Waals surface area (Å²) in [4.78, 5) is 0. The average Bonchev–Trinajstić information content (AvgIpc) is 1.58. The average molecular weight is 243 g/mol. The maximum atomic E-state index is 2.57. The van der Waals surface area contributed by atoms with Crippen molar-refractivity contribution in [1.29, 1.82) is 0 Å². The molecule has 0 atom stereocenters. The van der Waals surface area contributed by atoms with Gasteiger partial charge in [-0.25, -0.2) is 0 Å². The summed E-state index contributed by atoms with van der Waals surface area (Å²) in [6, 6.07) is -1.73. The molecule has 0 heterocycles. The molecule has 0 unspecified atom stereocenters. The Bertz CT molecular complexity index is 123. The van der Waals surface area contributed by atoms with Crippen LogP contribution in [0.1, 0.15) is 0 Å². The van der Waals surface area contributed by atoms with Crippen molar-refractivity contribution in [3.63, 3.8) is 0 Å². The Hall–Kier alpha value is 1.35. The second-order valence-corrected chi connectivity index (χ2v) is 32.8. The first-order valence-corrected chi connectivity index (χ1v) is 15.5. The van der Waals surface area contributed by atoms with E-state index in [1.54, 1.807) is 0 Å². The molecule has 0 aromatic rings. The standard InChI is InChI=1S/2C3H9P.2CH3.Ni/c2*1-4(2)3;;;/h2*1-3H3;2*1H3;/q;;;;-2/p+2. The molecule has 0 aliphatic rings. The van der Waals surface area contributed by atoms with E-state index in [0.717, 1.165) is 0 Å². The van der Waals surface area contributed by atoms with Crippen LogP contribution in [0.15, 0.2) is 0 Å². The van der Waals surface area contributed by atoms with Gasteiger partial charge in [0.25, 0.3) is 0 Å². The Morgan fingerprint density at radius 2 is 0.818 bits per heavy atom. The Morgan fingerprint density at radius 3 is 0.818 bits per heavy atom. The van der Waals surface area contributed by atoms with E-state index in [1.807, 2.05) is 0 Å². The molecule has 0 bridgehead atoms. The van der Waals surface area contributed by atoms with Crippen LogP contribution in [0.3, 0.4) is 0 Å². The van der Waals surface area contributed by atoms with Crippen LogP contribution in [0.4, 0.5) is 0 Å². The van der Waals surface area contributed by atoms with Crippen molar-refractivity contribution in [2.45, 2.75) is 11.8 Å². The molecular formula is C8H26NiP2. The van der Waals surface area contributed by atoms with Crippen molar-refractivity contribution in [2.24, 2.45) is 0 Å². The first kappa shape index (κ1) is 12.4. The van der Waals surface area contributed by atoms with E-state index >= 15 is 0 Å². The van der Waals surface area contributed by atoms with E-state index in [4.69, 9.17) is 0 Å². The van der Waals surface area contributed by atoms with Gasteiger partial charge in [-0.3, -0.25) is 0 Å². The van der Waals surface area contributed by atoms with Crippen molar-refractivity contribution >= 4 is 12.1 Å². The molecule has 0 nitrogen and oxygen atoms in total. The molecule has 0 radical (unpaired) electrons. The van der Waals surface area contributed by atoms with Crippen molar-refractivity contribution in [3.05, 3.63) is 0 Å². The first-order valence-electron chi connectivity index (χ1n) is 3.95. The summed E-state index contributed by atoms with van der Waals surface area (Å²) in [6.07, 6.45) is 0. The summed E-state index contributed by atoms with van der Waals surface area (Å²) in [5, 5.41) is 0. The Balaban J connectivity index is 4.75. The Morgan fingerprint density at radius 1 is 0.636 bits per heavy atom. The normalized spacial score (nSPS) is 19.6. The zero-order valence-corrected chi connectivity index (χ0v) is 12.3. The molecule has 0 aliphatic heterocycles. The zero-order chi connectivity index (χ0) is 9.50. The molecule has 0 saturated heterocycles. The van der Waals surface area contributed by atoms with E-state index in [2.05, 4.69) is 51.8 Å². The van der Waals surface area contributed by atoms with E-state index in [0.29, 0.717) is 0 Å². The maximum absolute atomic E-state index is 2.57. The van der Waals surface area contributed by atoms with E-state index in [1.165, 1.54) is 0 Å². The van der Waals surface area contributed by atoms with Gasteiger partial charge >= 0.3 is 75.4 Å². The molecular weight excluding hydrogens is 217 g/mol. The second-order valence-electron chi connectivity index (χ2n) is 4.98. The number of hydrogen-bond acceptors (Lipinski definition) is 0. The zero-order valence-electron chi connectivity index (χ0n) is 9.32. The van der Waals surface area contributed by atoms with Crippen LogP contribution >= 0.6 is 12.1 Å². The van der Waals surface area contributed by atoms with Gasteiger partial charge in [-0.15, -0.1) is 0 Å². The van der Waals surface area contributed by atoms with Gasteiger partial charge in [0.1, 0.15) is 0 Å². The fourth-order valence-corrected chi connectivity index (χ4v) is 26.4. The predicted molar refractivity (Wildman–Crippen MR) is 63.9 cm³/mol. The van der Waals surface area contributed by atoms with Crippen LogP contribution < -0.4 is 0 Å². The van der Waals surface area contributed by atoms with Gasteiger partial charge < -0.3 is 0 Å². The fourth-order valence-electron chi connectivity index (χ4n) is 0.712. The van der Waals surface area contributed by atoms with Crippen LogP contribution in [0.5, 0.6) is 0 Å². The summed E-state index contributed by atoms with van der Waals surface area (Å²) >= 11 is -0.347. The van der Waals surface area contributed by atoms with Crippen LogP contribution in [-0.2, 0) is 11.5 Å². The third-order valence-corrected chi connectivity index (χ3v) is 41.1. The molecule has 0 fully saturated rings. The summed E-state index contributed by atoms with van der Waals surface area (Å²) in [5.41, 5.74) is 0. The molecule has 0 amide bonds. The molecule has 0 rings (SSSR count). The minimum atomic E-state index is -0.865. The van der Waals surface area contributed by atoms with Gasteiger partial charge in [-0.1, -0.05) is 0 Å². The molecule has 0 saturated carbocycles. The first-order chi connectivity index (χ1) is 4.50. The third kappa shape index (κ3) is 2.65. The van der Waals surface area contributed by atoms with Crippen LogP contribution in [0.2, 0.25) is 11.8 Å². The second kappa shape index (κ2) is 3.25. The van der Waals surface area contributed by atoms with Gasteiger partial charge in [0.15, 0.2) is 0 Å². The summed E-state index contributed by atoms with van der Waals surface area (Å²) in [7, 11) is 0. The Labute approximate surface area is 75.6 Å². The summed E-state index contributed by atoms with van der Waals surface area (Å²) in [6.45, 7) is 15.2. The van der Waals surface area contributed by atoms with Crippen LogP contribution in [0, 0.1) is 0 Å². The molecule has 0 aromatic carbocycles. The van der Waals surface area contributed by atoms with Gasteiger partial charge in [0.2, 0.25) is 0 Å². The van der Waals surface area contributed by atoms with Crippen molar-refractivity contribution in [1.82, 2.24) is 0 Å². The molecule has 0 spiro atoms. The van der Waals surface area contributed by atoms with Gasteiger partial charge in [-0.05, 0) is 0 Å². The molecule has 78 valence electrons. The van der Waals surface area contributed by atoms with Crippen LogP contribution in [-0.4, -0.2) is 40.0 Å². The van der Waals surface area contributed by atoms with Crippen molar-refractivity contribution in [2.75, 3.05) is 40.0 Å². The molecule has 0 aromatic heterocycles. The van der Waals surface area contributed by atoms with Crippen molar-refractivity contribution < 1.29 is 11.5 Å². The third-order valence-electron chi connectivity index (χ3n) is 2.37. The van der Waals surface area contributed by atoms with E-state index < -0.39 is 12.1 Å². The predicted octanol–water partition coefficient (Wildman–Crippen LogP) is 3.35. The molecule has 11 heavy (non-hydrogen) atoms. The monoisotopic (exact) mass is 242 g/mol. The van der Waals surface area contributed by atoms with E-state index in [-0.39, 0.29) is 11.5 Å². The minimum absolute atomic E-state index is 0.347. The fraction of sp³-hybridized carbons (Fsp3) is 1.00. The summed E-state index contributed by atoms with van der Waals surface area (Å²) in [5.74, 6) is 5.14. The van der Waals surface area contributed by atoms with Gasteiger partial charge in [0, 0.05) is 0 Å². The number of hydrogen-bond donors (Lipinski definition) is 0. The quantitative estimate of drug-likeness (QED) is 0.515. The van der Waals surface area contributed by atoms with E-state index in [9.17, 15) is 0 Å². The topological polar surface area (TPSA) is 0 Å². The molecule has 0 N–H and O–H groups in total. The van der Waals surface area contributed by atoms with Crippen molar-refractivity contribution in [3.8, 4) is 0 Å². The SMILES string of the molecule is C[PH](C)(C)[Ni]([CH3])([CH3])[PH](C)(C)C. The van der Waals surface area contributed by atoms with Gasteiger partial charge in [-0.2, -0.15) is 0 Å². The van der Waals surface area contributed by atoms with Crippen LogP contribution in [0.25, 0.3) is 0 Å². The molecule has 0 aliphatic carbocycles. The van der Waals surface area contributed by atoms with Gasteiger partial charge in [0.05, 0.1) is 0 Å². The summed E-state index contributed by atoms with van der Waals surface area (Å²) < 4.78 is 0. The molecule has 3 heteroatoms. The number of rotatable bonds is 2.